The van der Waals surface area contributed by atoms with Crippen molar-refractivity contribution in [2.75, 3.05) is 14.2 Å². The minimum Gasteiger partial charge on any atom is -0.497 e. The van der Waals surface area contributed by atoms with Gasteiger partial charge in [0.1, 0.15) is 17.8 Å². The Bertz CT molecular complexity index is 1420. The number of benzene rings is 4. The summed E-state index contributed by atoms with van der Waals surface area (Å²) in [6.45, 7) is 0. The second-order valence-corrected chi connectivity index (χ2v) is 9.30. The number of rotatable bonds is 11. The summed E-state index contributed by atoms with van der Waals surface area (Å²) < 4.78 is 10.2. The van der Waals surface area contributed by atoms with Crippen LogP contribution in [0.25, 0.3) is 10.8 Å². The Labute approximate surface area is 228 Å². The molecule has 0 aliphatic heterocycles. The van der Waals surface area contributed by atoms with Gasteiger partial charge in [-0.3, -0.25) is 9.59 Å². The molecule has 39 heavy (non-hydrogen) atoms. The van der Waals surface area contributed by atoms with Gasteiger partial charge in [0.05, 0.1) is 20.6 Å². The van der Waals surface area contributed by atoms with Crippen LogP contribution in [0.4, 0.5) is 0 Å². The molecule has 0 aromatic heterocycles. The summed E-state index contributed by atoms with van der Waals surface area (Å²) >= 11 is 0. The minimum absolute atomic E-state index is 0.113. The Balaban J connectivity index is 1.51. The highest BCUT2D eigenvalue weighted by Gasteiger charge is 2.28. The normalized spacial score (nSPS) is 12.3. The average Bonchev–Trinajstić information content (AvgIpc) is 2.96. The number of hydrogen-bond acceptors (Lipinski definition) is 5. The van der Waals surface area contributed by atoms with Crippen molar-refractivity contribution in [2.45, 2.75) is 31.3 Å². The van der Waals surface area contributed by atoms with Crippen LogP contribution in [-0.2, 0) is 38.4 Å². The Morgan fingerprint density at radius 3 is 1.97 bits per heavy atom. The molecule has 4 rings (SSSR count). The molecule has 0 aliphatic carbocycles. The molecule has 7 heteroatoms. The van der Waals surface area contributed by atoms with E-state index < -0.39 is 24.0 Å². The van der Waals surface area contributed by atoms with Gasteiger partial charge in [0, 0.05) is 12.8 Å². The predicted molar refractivity (Wildman–Crippen MR) is 150 cm³/mol. The fourth-order valence-electron chi connectivity index (χ4n) is 4.44. The summed E-state index contributed by atoms with van der Waals surface area (Å²) in [5, 5.41) is 7.81. The van der Waals surface area contributed by atoms with E-state index in [0.717, 1.165) is 27.5 Å². The summed E-state index contributed by atoms with van der Waals surface area (Å²) in [6, 6.07) is 28.6. The number of esters is 1. The quantitative estimate of drug-likeness (QED) is 0.289. The molecule has 0 aliphatic rings. The molecule has 7 nitrogen and oxygen atoms in total. The number of amides is 2. The molecule has 0 radical (unpaired) electrons. The topological polar surface area (TPSA) is 93.7 Å². The zero-order valence-electron chi connectivity index (χ0n) is 22.1. The van der Waals surface area contributed by atoms with E-state index in [0.29, 0.717) is 5.75 Å². The van der Waals surface area contributed by atoms with Crippen LogP contribution in [-0.4, -0.2) is 44.1 Å². The molecular formula is C32H32N2O5. The van der Waals surface area contributed by atoms with Crippen molar-refractivity contribution >= 4 is 28.6 Å². The van der Waals surface area contributed by atoms with Crippen LogP contribution in [0.1, 0.15) is 16.7 Å². The third-order valence-corrected chi connectivity index (χ3v) is 6.51. The van der Waals surface area contributed by atoms with Crippen molar-refractivity contribution in [2.24, 2.45) is 0 Å². The molecule has 4 aromatic rings. The number of hydrogen-bond donors (Lipinski definition) is 2. The fraction of sp³-hybridized carbons (Fsp3) is 0.219. The molecule has 4 aromatic carbocycles. The molecule has 200 valence electrons. The third kappa shape index (κ3) is 7.68. The van der Waals surface area contributed by atoms with Crippen LogP contribution >= 0.6 is 0 Å². The van der Waals surface area contributed by atoms with Gasteiger partial charge in [0.15, 0.2) is 0 Å². The third-order valence-electron chi connectivity index (χ3n) is 6.51. The second-order valence-electron chi connectivity index (χ2n) is 9.30. The van der Waals surface area contributed by atoms with Crippen molar-refractivity contribution in [1.82, 2.24) is 10.6 Å². The lowest BCUT2D eigenvalue weighted by Crippen LogP contribution is -2.53. The first-order valence-electron chi connectivity index (χ1n) is 12.8. The van der Waals surface area contributed by atoms with Crippen LogP contribution in [0.15, 0.2) is 97.1 Å². The molecule has 0 spiro atoms. The summed E-state index contributed by atoms with van der Waals surface area (Å²) in [7, 11) is 2.87. The van der Waals surface area contributed by atoms with E-state index in [2.05, 4.69) is 10.6 Å². The van der Waals surface area contributed by atoms with Crippen LogP contribution in [0, 0.1) is 0 Å². The van der Waals surface area contributed by atoms with Crippen LogP contribution in [0.2, 0.25) is 0 Å². The Kier molecular flexibility index (Phi) is 9.29. The highest BCUT2D eigenvalue weighted by atomic mass is 16.5. The zero-order valence-corrected chi connectivity index (χ0v) is 22.1. The van der Waals surface area contributed by atoms with Crippen LogP contribution < -0.4 is 15.4 Å². The lowest BCUT2D eigenvalue weighted by molar-refractivity contribution is -0.145. The average molecular weight is 525 g/mol. The maximum atomic E-state index is 13.5. The summed E-state index contributed by atoms with van der Waals surface area (Å²) in [5.41, 5.74) is 2.55. The smallest absolute Gasteiger partial charge is 0.328 e. The van der Waals surface area contributed by atoms with E-state index in [1.54, 1.807) is 19.2 Å². The van der Waals surface area contributed by atoms with Gasteiger partial charge in [-0.05, 0) is 39.6 Å². The molecule has 0 fully saturated rings. The van der Waals surface area contributed by atoms with Gasteiger partial charge in [0.25, 0.3) is 0 Å². The van der Waals surface area contributed by atoms with Gasteiger partial charge in [0.2, 0.25) is 11.8 Å². The Hall–Kier alpha value is -4.65. The summed E-state index contributed by atoms with van der Waals surface area (Å²) in [4.78, 5) is 39.1. The molecule has 2 atom stereocenters. The SMILES string of the molecule is COC(=O)[C@H](Cc1ccccc1)NC(=O)[C@H](Cc1ccc(OC)cc1)NC(=O)Cc1ccc2ccccc2c1. The van der Waals surface area contributed by atoms with E-state index in [-0.39, 0.29) is 25.2 Å². The number of methoxy groups -OCH3 is 2. The van der Waals surface area contributed by atoms with Crippen molar-refractivity contribution in [3.63, 3.8) is 0 Å². The van der Waals surface area contributed by atoms with Gasteiger partial charge in [-0.25, -0.2) is 4.79 Å². The van der Waals surface area contributed by atoms with Gasteiger partial charge in [-0.1, -0.05) is 84.9 Å². The zero-order chi connectivity index (χ0) is 27.6. The van der Waals surface area contributed by atoms with E-state index in [1.165, 1.54) is 7.11 Å². The molecule has 0 bridgehead atoms. The van der Waals surface area contributed by atoms with E-state index >= 15 is 0 Å². The van der Waals surface area contributed by atoms with Crippen molar-refractivity contribution in [3.8, 4) is 5.75 Å². The monoisotopic (exact) mass is 524 g/mol. The molecule has 0 heterocycles. The minimum atomic E-state index is -0.908. The van der Waals surface area contributed by atoms with Crippen LogP contribution in [0.5, 0.6) is 5.75 Å². The number of ether oxygens (including phenoxy) is 2. The second kappa shape index (κ2) is 13.2. The summed E-state index contributed by atoms with van der Waals surface area (Å²) in [5.74, 6) is -0.632. The first-order chi connectivity index (χ1) is 18.9. The molecule has 0 saturated carbocycles. The number of nitrogens with one attached hydrogen (secondary N) is 2. The maximum absolute atomic E-state index is 13.5. The Morgan fingerprint density at radius 1 is 0.667 bits per heavy atom. The van der Waals surface area contributed by atoms with E-state index in [4.69, 9.17) is 9.47 Å². The highest BCUT2D eigenvalue weighted by Crippen LogP contribution is 2.17. The van der Waals surface area contributed by atoms with E-state index in [1.807, 2.05) is 84.9 Å². The standard InChI is InChI=1S/C32H32N2O5/c1-38-27-16-13-23(14-17-27)19-28(31(36)34-29(32(37)39-2)20-22-8-4-3-5-9-22)33-30(35)21-24-12-15-25-10-6-7-11-26(25)18-24/h3-18,28-29H,19-21H2,1-2H3,(H,33,35)(H,34,36)/t28-,29-/m0/s1. The molecule has 2 amide bonds. The number of carbonyl (C=O) groups excluding carboxylic acids is 3. The maximum Gasteiger partial charge on any atom is 0.328 e. The van der Waals surface area contributed by atoms with Gasteiger partial charge < -0.3 is 20.1 Å². The van der Waals surface area contributed by atoms with Gasteiger partial charge in [-0.15, -0.1) is 0 Å². The molecule has 0 saturated heterocycles. The van der Waals surface area contributed by atoms with Crippen molar-refractivity contribution < 1.29 is 23.9 Å². The molecule has 0 unspecified atom stereocenters. The molecule has 2 N–H and O–H groups in total. The molecular weight excluding hydrogens is 492 g/mol. The van der Waals surface area contributed by atoms with E-state index in [9.17, 15) is 14.4 Å². The lowest BCUT2D eigenvalue weighted by Gasteiger charge is -2.23. The summed E-state index contributed by atoms with van der Waals surface area (Å²) in [6.07, 6.45) is 0.611. The fourth-order valence-corrected chi connectivity index (χ4v) is 4.44. The van der Waals surface area contributed by atoms with Crippen LogP contribution in [0.3, 0.4) is 0 Å². The largest absolute Gasteiger partial charge is 0.497 e. The Morgan fingerprint density at radius 2 is 1.28 bits per heavy atom. The van der Waals surface area contributed by atoms with Crippen molar-refractivity contribution in [3.05, 3.63) is 114 Å². The number of carbonyl (C=O) groups is 3. The first-order valence-corrected chi connectivity index (χ1v) is 12.8. The lowest BCUT2D eigenvalue weighted by atomic mass is 10.0. The van der Waals surface area contributed by atoms with Crippen molar-refractivity contribution in [1.29, 1.82) is 0 Å². The predicted octanol–water partition coefficient (Wildman–Crippen LogP) is 4.02. The number of fused-ring (bicyclic) bond motifs is 1. The highest BCUT2D eigenvalue weighted by molar-refractivity contribution is 5.92. The van der Waals surface area contributed by atoms with Gasteiger partial charge >= 0.3 is 5.97 Å². The first kappa shape index (κ1) is 27.4. The van der Waals surface area contributed by atoms with Gasteiger partial charge in [-0.2, -0.15) is 0 Å².